The Kier molecular flexibility index (Phi) is 3.28. The van der Waals surface area contributed by atoms with Gasteiger partial charge in [0.1, 0.15) is 11.2 Å². The van der Waals surface area contributed by atoms with E-state index in [0.29, 0.717) is 28.6 Å². The van der Waals surface area contributed by atoms with Crippen molar-refractivity contribution >= 4 is 17.1 Å². The minimum absolute atomic E-state index is 0.485. The van der Waals surface area contributed by atoms with Gasteiger partial charge in [-0.25, -0.2) is 19.9 Å². The van der Waals surface area contributed by atoms with Crippen LogP contribution in [-0.2, 0) is 0 Å². The molecule has 0 radical (unpaired) electrons. The van der Waals surface area contributed by atoms with E-state index < -0.39 is 0 Å². The summed E-state index contributed by atoms with van der Waals surface area (Å²) in [6.07, 6.45) is 3.40. The summed E-state index contributed by atoms with van der Waals surface area (Å²) in [4.78, 5) is 19.7. The minimum Gasteiger partial charge on any atom is -0.338 e. The molecule has 0 unspecified atom stereocenters. The first-order chi connectivity index (χ1) is 10.9. The number of nitrogens with one attached hydrogen (secondary N) is 1. The Morgan fingerprint density at radius 2 is 1.86 bits per heavy atom. The minimum atomic E-state index is 0.485. The van der Waals surface area contributed by atoms with Gasteiger partial charge in [-0.3, -0.25) is 0 Å². The molecule has 0 aliphatic carbocycles. The van der Waals surface area contributed by atoms with Crippen LogP contribution in [0.4, 0.5) is 5.95 Å². The summed E-state index contributed by atoms with van der Waals surface area (Å²) in [6, 6.07) is 5.48. The van der Waals surface area contributed by atoms with E-state index in [1.807, 2.05) is 12.1 Å². The van der Waals surface area contributed by atoms with Crippen LogP contribution in [0.15, 0.2) is 30.6 Å². The van der Waals surface area contributed by atoms with E-state index in [2.05, 4.69) is 40.3 Å². The van der Waals surface area contributed by atoms with Crippen LogP contribution >= 0.6 is 0 Å². The van der Waals surface area contributed by atoms with E-state index in [0.717, 1.165) is 26.2 Å². The van der Waals surface area contributed by atoms with E-state index in [-0.39, 0.29) is 0 Å². The molecule has 0 bridgehead atoms. The molecule has 1 N–H and O–H groups in total. The first-order valence-electron chi connectivity index (χ1n) is 7.15. The molecule has 22 heavy (non-hydrogen) atoms. The highest BCUT2D eigenvalue weighted by molar-refractivity contribution is 5.70. The fraction of sp³-hybridized carbons (Fsp3) is 0.286. The summed E-state index contributed by atoms with van der Waals surface area (Å²) in [5.41, 5.74) is 1.90. The summed E-state index contributed by atoms with van der Waals surface area (Å²) >= 11 is 0. The molecular formula is C14H14N8. The maximum absolute atomic E-state index is 4.58. The molecule has 8 nitrogen and oxygen atoms in total. The third kappa shape index (κ3) is 2.44. The molecular weight excluding hydrogens is 280 g/mol. The molecule has 1 saturated heterocycles. The number of nitrogens with zero attached hydrogens (tertiary/aromatic N) is 7. The molecule has 0 amide bonds. The van der Waals surface area contributed by atoms with Gasteiger partial charge >= 0.3 is 0 Å². The fourth-order valence-corrected chi connectivity index (χ4v) is 2.38. The maximum atomic E-state index is 4.58. The van der Waals surface area contributed by atoms with Gasteiger partial charge in [0.2, 0.25) is 11.8 Å². The van der Waals surface area contributed by atoms with Gasteiger partial charge in [0.05, 0.1) is 0 Å². The molecule has 1 aliphatic rings. The summed E-state index contributed by atoms with van der Waals surface area (Å²) in [5.74, 6) is 1.19. The Bertz CT molecular complexity index is 799. The summed E-state index contributed by atoms with van der Waals surface area (Å²) in [7, 11) is 0. The largest absolute Gasteiger partial charge is 0.338 e. The third-order valence-electron chi connectivity index (χ3n) is 3.50. The first-order valence-corrected chi connectivity index (χ1v) is 7.15. The van der Waals surface area contributed by atoms with Crippen molar-refractivity contribution in [1.29, 1.82) is 0 Å². The normalized spacial score (nSPS) is 15.2. The highest BCUT2D eigenvalue weighted by atomic mass is 15.3. The number of rotatable bonds is 2. The lowest BCUT2D eigenvalue weighted by Crippen LogP contribution is -2.44. The molecule has 4 rings (SSSR count). The van der Waals surface area contributed by atoms with Crippen LogP contribution in [0.1, 0.15) is 0 Å². The Morgan fingerprint density at radius 1 is 0.955 bits per heavy atom. The number of aromatic nitrogens is 6. The van der Waals surface area contributed by atoms with Crippen molar-refractivity contribution in [3.8, 4) is 11.5 Å². The molecule has 1 fully saturated rings. The lowest BCUT2D eigenvalue weighted by Gasteiger charge is -2.27. The lowest BCUT2D eigenvalue weighted by molar-refractivity contribution is 0.580. The maximum Gasteiger partial charge on any atom is 0.226 e. The van der Waals surface area contributed by atoms with Crippen LogP contribution in [0, 0.1) is 0 Å². The van der Waals surface area contributed by atoms with Crippen LogP contribution in [0.3, 0.4) is 0 Å². The van der Waals surface area contributed by atoms with E-state index in [4.69, 9.17) is 0 Å². The number of hydrogen-bond donors (Lipinski definition) is 1. The number of fused-ring (bicyclic) bond motifs is 1. The average Bonchev–Trinajstić information content (AvgIpc) is 2.62. The summed E-state index contributed by atoms with van der Waals surface area (Å²) in [6.45, 7) is 3.66. The van der Waals surface area contributed by atoms with Gasteiger partial charge < -0.3 is 10.2 Å². The van der Waals surface area contributed by atoms with Gasteiger partial charge in [-0.1, -0.05) is 0 Å². The van der Waals surface area contributed by atoms with Crippen molar-refractivity contribution < 1.29 is 0 Å². The van der Waals surface area contributed by atoms with E-state index in [9.17, 15) is 0 Å². The van der Waals surface area contributed by atoms with Crippen molar-refractivity contribution in [1.82, 2.24) is 35.5 Å². The highest BCUT2D eigenvalue weighted by Crippen LogP contribution is 2.16. The molecule has 8 heteroatoms. The highest BCUT2D eigenvalue weighted by Gasteiger charge is 2.15. The molecule has 4 heterocycles. The SMILES string of the molecule is c1cnc2nnc(-c3ccnc(N4CCNCC4)n3)nc2c1. The smallest absolute Gasteiger partial charge is 0.226 e. The van der Waals surface area contributed by atoms with Crippen molar-refractivity contribution in [2.75, 3.05) is 31.1 Å². The molecule has 0 saturated carbocycles. The molecule has 3 aromatic heterocycles. The fourth-order valence-electron chi connectivity index (χ4n) is 2.38. The Balaban J connectivity index is 1.71. The summed E-state index contributed by atoms with van der Waals surface area (Å²) < 4.78 is 0. The topological polar surface area (TPSA) is 92.6 Å². The van der Waals surface area contributed by atoms with E-state index >= 15 is 0 Å². The quantitative estimate of drug-likeness (QED) is 0.721. The molecule has 3 aromatic rings. The second-order valence-electron chi connectivity index (χ2n) is 4.96. The van der Waals surface area contributed by atoms with Gasteiger partial charge in [0, 0.05) is 38.6 Å². The van der Waals surface area contributed by atoms with Gasteiger partial charge in [-0.05, 0) is 18.2 Å². The van der Waals surface area contributed by atoms with Crippen LogP contribution in [0.5, 0.6) is 0 Å². The zero-order valence-corrected chi connectivity index (χ0v) is 11.8. The molecule has 0 spiro atoms. The monoisotopic (exact) mass is 294 g/mol. The number of pyridine rings is 1. The third-order valence-corrected chi connectivity index (χ3v) is 3.50. The Morgan fingerprint density at radius 3 is 2.77 bits per heavy atom. The number of hydrogen-bond acceptors (Lipinski definition) is 8. The van der Waals surface area contributed by atoms with Gasteiger partial charge in [0.15, 0.2) is 5.65 Å². The number of piperazine rings is 1. The predicted molar refractivity (Wildman–Crippen MR) is 81.2 cm³/mol. The Hall–Kier alpha value is -2.74. The summed E-state index contributed by atoms with van der Waals surface area (Å²) in [5, 5.41) is 11.5. The van der Waals surface area contributed by atoms with Crippen LogP contribution in [0.2, 0.25) is 0 Å². The first kappa shape index (κ1) is 13.0. The van der Waals surface area contributed by atoms with Crippen molar-refractivity contribution in [2.24, 2.45) is 0 Å². The predicted octanol–water partition coefficient (Wildman–Crippen LogP) is 0.286. The van der Waals surface area contributed by atoms with Gasteiger partial charge in [0.25, 0.3) is 0 Å². The average molecular weight is 294 g/mol. The van der Waals surface area contributed by atoms with Crippen molar-refractivity contribution in [3.05, 3.63) is 30.6 Å². The molecule has 0 atom stereocenters. The second-order valence-corrected chi connectivity index (χ2v) is 4.96. The second kappa shape index (κ2) is 5.57. The standard InChI is InChI=1S/C14H14N8/c1-2-10-12(16-4-1)20-21-13(18-10)11-3-5-17-14(19-11)22-8-6-15-7-9-22/h1-5,15H,6-9H2. The van der Waals surface area contributed by atoms with Crippen LogP contribution in [-0.4, -0.2) is 56.3 Å². The zero-order chi connectivity index (χ0) is 14.8. The zero-order valence-electron chi connectivity index (χ0n) is 11.8. The molecule has 1 aliphatic heterocycles. The van der Waals surface area contributed by atoms with Crippen LogP contribution in [0.25, 0.3) is 22.7 Å². The molecule has 0 aromatic carbocycles. The van der Waals surface area contributed by atoms with E-state index in [1.165, 1.54) is 0 Å². The molecule has 110 valence electrons. The van der Waals surface area contributed by atoms with Gasteiger partial charge in [-0.2, -0.15) is 0 Å². The van der Waals surface area contributed by atoms with Crippen molar-refractivity contribution in [3.63, 3.8) is 0 Å². The van der Waals surface area contributed by atoms with E-state index in [1.54, 1.807) is 18.5 Å². The van der Waals surface area contributed by atoms with Crippen LogP contribution < -0.4 is 10.2 Å². The number of anilines is 1. The van der Waals surface area contributed by atoms with Gasteiger partial charge in [-0.15, -0.1) is 10.2 Å². The Labute approximate surface area is 126 Å². The van der Waals surface area contributed by atoms with Crippen molar-refractivity contribution in [2.45, 2.75) is 0 Å². The lowest BCUT2D eigenvalue weighted by atomic mass is 10.3.